The highest BCUT2D eigenvalue weighted by atomic mass is 35.5. The smallest absolute Gasteiger partial charge is 0.276 e. The average molecular weight is 456 g/mol. The molecule has 8 heteroatoms. The van der Waals surface area contributed by atoms with E-state index >= 15 is 0 Å². The zero-order valence-corrected chi connectivity index (χ0v) is 19.0. The molecule has 0 saturated carbocycles. The molecule has 2 aromatic carbocycles. The quantitative estimate of drug-likeness (QED) is 0.532. The molecule has 1 saturated heterocycles. The van der Waals surface area contributed by atoms with Crippen LogP contribution in [0, 0.1) is 6.92 Å². The van der Waals surface area contributed by atoms with Gasteiger partial charge in [0.1, 0.15) is 23.9 Å². The van der Waals surface area contributed by atoms with Gasteiger partial charge < -0.3 is 18.9 Å². The Hall–Kier alpha value is -3.03. The summed E-state index contributed by atoms with van der Waals surface area (Å²) in [5.74, 6) is 1.93. The number of rotatable bonds is 7. The lowest BCUT2D eigenvalue weighted by Gasteiger charge is -2.34. The molecule has 2 heterocycles. The first-order chi connectivity index (χ1) is 15.5. The molecule has 32 heavy (non-hydrogen) atoms. The maximum Gasteiger partial charge on any atom is 0.276 e. The lowest BCUT2D eigenvalue weighted by Crippen LogP contribution is -2.48. The first-order valence-electron chi connectivity index (χ1n) is 10.5. The van der Waals surface area contributed by atoms with Crippen molar-refractivity contribution in [2.75, 3.05) is 33.3 Å². The number of methoxy groups -OCH3 is 1. The highest BCUT2D eigenvalue weighted by Crippen LogP contribution is 2.22. The summed E-state index contributed by atoms with van der Waals surface area (Å²) in [4.78, 5) is 17.3. The Kier molecular flexibility index (Phi) is 6.97. The van der Waals surface area contributed by atoms with E-state index < -0.39 is 0 Å². The Morgan fingerprint density at radius 3 is 2.53 bits per heavy atom. The molecule has 1 aliphatic rings. The number of halogens is 1. The van der Waals surface area contributed by atoms with E-state index in [9.17, 15) is 4.79 Å². The third-order valence-electron chi connectivity index (χ3n) is 5.59. The van der Waals surface area contributed by atoms with Crippen molar-refractivity contribution in [2.24, 2.45) is 0 Å². The number of ether oxygens (including phenoxy) is 2. The van der Waals surface area contributed by atoms with Crippen LogP contribution in [0.3, 0.4) is 0 Å². The molecule has 0 spiro atoms. The van der Waals surface area contributed by atoms with Gasteiger partial charge in [0, 0.05) is 37.7 Å². The van der Waals surface area contributed by atoms with Crippen LogP contribution in [0.15, 0.2) is 53.1 Å². The van der Waals surface area contributed by atoms with Crippen molar-refractivity contribution < 1.29 is 18.8 Å². The summed E-state index contributed by atoms with van der Waals surface area (Å²) >= 11 is 6.02. The van der Waals surface area contributed by atoms with Crippen molar-refractivity contribution in [1.29, 1.82) is 0 Å². The summed E-state index contributed by atoms with van der Waals surface area (Å²) in [6.07, 6.45) is 0. The van der Waals surface area contributed by atoms with Crippen molar-refractivity contribution >= 4 is 17.5 Å². The Morgan fingerprint density at radius 1 is 1.09 bits per heavy atom. The Morgan fingerprint density at radius 2 is 1.84 bits per heavy atom. The number of carbonyl (C=O) groups excluding carboxylic acids is 1. The maximum atomic E-state index is 13.1. The van der Waals surface area contributed by atoms with Crippen LogP contribution < -0.4 is 9.47 Å². The number of hydrogen-bond acceptors (Lipinski definition) is 6. The van der Waals surface area contributed by atoms with Gasteiger partial charge in [-0.05, 0) is 42.8 Å². The minimum Gasteiger partial charge on any atom is -0.497 e. The van der Waals surface area contributed by atoms with Crippen LogP contribution in [0.1, 0.15) is 27.4 Å². The number of carbonyl (C=O) groups is 1. The predicted octanol–water partition coefficient (Wildman–Crippen LogP) is 4.18. The number of hydrogen-bond donors (Lipinski definition) is 0. The first kappa shape index (κ1) is 22.2. The zero-order chi connectivity index (χ0) is 22.5. The van der Waals surface area contributed by atoms with Gasteiger partial charge in [-0.3, -0.25) is 9.69 Å². The van der Waals surface area contributed by atoms with Gasteiger partial charge in [0.2, 0.25) is 0 Å². The van der Waals surface area contributed by atoms with Gasteiger partial charge in [-0.15, -0.1) is 0 Å². The van der Waals surface area contributed by atoms with E-state index in [2.05, 4.69) is 22.2 Å². The maximum absolute atomic E-state index is 13.1. The molecule has 3 aromatic rings. The van der Waals surface area contributed by atoms with E-state index in [0.717, 1.165) is 25.4 Å². The van der Waals surface area contributed by atoms with Crippen LogP contribution in [0.2, 0.25) is 5.02 Å². The predicted molar refractivity (Wildman–Crippen MR) is 121 cm³/mol. The topological polar surface area (TPSA) is 68.0 Å². The van der Waals surface area contributed by atoms with Gasteiger partial charge >= 0.3 is 0 Å². The number of amides is 1. The fourth-order valence-corrected chi connectivity index (χ4v) is 3.87. The summed E-state index contributed by atoms with van der Waals surface area (Å²) in [6.45, 7) is 5.67. The Labute approximate surface area is 192 Å². The van der Waals surface area contributed by atoms with Gasteiger partial charge in [0.15, 0.2) is 5.69 Å². The van der Waals surface area contributed by atoms with Crippen molar-refractivity contribution in [3.63, 3.8) is 0 Å². The molecule has 1 amide bonds. The van der Waals surface area contributed by atoms with Crippen LogP contribution in [0.4, 0.5) is 0 Å². The molecule has 7 nitrogen and oxygen atoms in total. The number of benzene rings is 2. The van der Waals surface area contributed by atoms with Crippen molar-refractivity contribution in [3.8, 4) is 11.5 Å². The second-order valence-corrected chi connectivity index (χ2v) is 8.16. The first-order valence-corrected chi connectivity index (χ1v) is 10.9. The largest absolute Gasteiger partial charge is 0.497 e. The monoisotopic (exact) mass is 455 g/mol. The minimum absolute atomic E-state index is 0.129. The normalized spacial score (nSPS) is 14.4. The SMILES string of the molecule is COc1ccc(CN2CCN(C(=O)c3noc(C)c3COc3cccc(Cl)c3)CC2)cc1. The van der Waals surface area contributed by atoms with Gasteiger partial charge in [0.25, 0.3) is 5.91 Å². The van der Waals surface area contributed by atoms with Gasteiger partial charge in [-0.25, -0.2) is 0 Å². The molecule has 0 aliphatic carbocycles. The molecular formula is C24H26ClN3O4. The van der Waals surface area contributed by atoms with Gasteiger partial charge in [-0.1, -0.05) is 35.0 Å². The number of nitrogens with zero attached hydrogens (tertiary/aromatic N) is 3. The van der Waals surface area contributed by atoms with Crippen molar-refractivity contribution in [1.82, 2.24) is 15.0 Å². The summed E-state index contributed by atoms with van der Waals surface area (Å²) in [5, 5.41) is 4.62. The van der Waals surface area contributed by atoms with Crippen molar-refractivity contribution in [3.05, 3.63) is 76.1 Å². The van der Waals surface area contributed by atoms with E-state index in [0.29, 0.717) is 40.9 Å². The van der Waals surface area contributed by atoms with Gasteiger partial charge in [-0.2, -0.15) is 0 Å². The molecule has 168 valence electrons. The van der Waals surface area contributed by atoms with E-state index in [4.69, 9.17) is 25.6 Å². The fraction of sp³-hybridized carbons (Fsp3) is 0.333. The molecule has 0 unspecified atom stereocenters. The van der Waals surface area contributed by atoms with E-state index in [1.165, 1.54) is 5.56 Å². The summed E-state index contributed by atoms with van der Waals surface area (Å²) in [6, 6.07) is 15.2. The van der Waals surface area contributed by atoms with Crippen molar-refractivity contribution in [2.45, 2.75) is 20.1 Å². The Bertz CT molecular complexity index is 1060. The summed E-state index contributed by atoms with van der Waals surface area (Å²) in [7, 11) is 1.66. The number of aromatic nitrogens is 1. The van der Waals surface area contributed by atoms with E-state index in [-0.39, 0.29) is 12.5 Å². The van der Waals surface area contributed by atoms with Crippen LogP contribution >= 0.6 is 11.6 Å². The highest BCUT2D eigenvalue weighted by molar-refractivity contribution is 6.30. The number of aryl methyl sites for hydroxylation is 1. The minimum atomic E-state index is -0.129. The standard InChI is InChI=1S/C24H26ClN3O4/c1-17-22(16-31-21-5-3-4-19(25)14-21)23(26-32-17)24(29)28-12-10-27(11-13-28)15-18-6-8-20(30-2)9-7-18/h3-9,14H,10-13,15-16H2,1-2H3. The molecular weight excluding hydrogens is 430 g/mol. The van der Waals surface area contributed by atoms with Crippen LogP contribution in [-0.2, 0) is 13.2 Å². The molecule has 1 aliphatic heterocycles. The number of piperazine rings is 1. The third kappa shape index (κ3) is 5.23. The third-order valence-corrected chi connectivity index (χ3v) is 5.83. The zero-order valence-electron chi connectivity index (χ0n) is 18.2. The fourth-order valence-electron chi connectivity index (χ4n) is 3.69. The Balaban J connectivity index is 1.35. The molecule has 4 rings (SSSR count). The second-order valence-electron chi connectivity index (χ2n) is 7.73. The molecule has 0 radical (unpaired) electrons. The molecule has 1 aromatic heterocycles. The summed E-state index contributed by atoms with van der Waals surface area (Å²) in [5.41, 5.74) is 2.20. The highest BCUT2D eigenvalue weighted by Gasteiger charge is 2.28. The molecule has 1 fully saturated rings. The molecule has 0 atom stereocenters. The lowest BCUT2D eigenvalue weighted by molar-refractivity contribution is 0.0616. The van der Waals surface area contributed by atoms with E-state index in [1.807, 2.05) is 29.2 Å². The van der Waals surface area contributed by atoms with Crippen LogP contribution in [0.5, 0.6) is 11.5 Å². The average Bonchev–Trinajstić information content (AvgIpc) is 3.18. The molecule has 0 bridgehead atoms. The van der Waals surface area contributed by atoms with Crippen LogP contribution in [-0.4, -0.2) is 54.2 Å². The van der Waals surface area contributed by atoms with E-state index in [1.54, 1.807) is 26.2 Å². The summed E-state index contributed by atoms with van der Waals surface area (Å²) < 4.78 is 16.3. The van der Waals surface area contributed by atoms with Gasteiger partial charge in [0.05, 0.1) is 12.7 Å². The lowest BCUT2D eigenvalue weighted by atomic mass is 10.1. The second kappa shape index (κ2) is 10.1. The van der Waals surface area contributed by atoms with Crippen LogP contribution in [0.25, 0.3) is 0 Å². The molecule has 0 N–H and O–H groups in total.